The maximum Gasteiger partial charge on any atom is 0.163 e. The van der Waals surface area contributed by atoms with Crippen molar-refractivity contribution in [1.82, 2.24) is 18.8 Å². The van der Waals surface area contributed by atoms with Crippen LogP contribution in [0.2, 0.25) is 0 Å². The minimum Gasteiger partial charge on any atom is -0.454 e. The molecule has 0 saturated carbocycles. The van der Waals surface area contributed by atoms with Gasteiger partial charge in [0.15, 0.2) is 11.2 Å². The van der Waals surface area contributed by atoms with E-state index in [0.717, 1.165) is 143 Å². The van der Waals surface area contributed by atoms with Crippen molar-refractivity contribution in [3.63, 3.8) is 0 Å². The Labute approximate surface area is 475 Å². The van der Waals surface area contributed by atoms with Crippen LogP contribution in [0.4, 0.5) is 0 Å². The first kappa shape index (κ1) is 42.6. The molecule has 0 radical (unpaired) electrons. The highest BCUT2D eigenvalue weighted by Crippen LogP contribution is 2.62. The normalized spacial score (nSPS) is 17.3. The summed E-state index contributed by atoms with van der Waals surface area (Å²) in [5, 5.41) is 33.4. The van der Waals surface area contributed by atoms with Crippen molar-refractivity contribution < 1.29 is 8.83 Å². The summed E-state index contributed by atoms with van der Waals surface area (Å²) in [6.45, 7) is 0. The molecule has 6 aliphatic rings. The first-order valence-electron chi connectivity index (χ1n) is 28.8. The average Bonchev–Trinajstić information content (AvgIpc) is 2.56. The molecule has 382 valence electrons. The molecular weight excluding hydrogens is 1030 g/mol. The molecule has 84 heavy (non-hydrogen) atoms. The van der Waals surface area contributed by atoms with Gasteiger partial charge < -0.3 is 17.6 Å². The van der Waals surface area contributed by atoms with Crippen LogP contribution < -0.4 is 0 Å². The van der Waals surface area contributed by atoms with Crippen LogP contribution >= 0.6 is 0 Å². The largest absolute Gasteiger partial charge is 0.454 e. The van der Waals surface area contributed by atoms with Crippen LogP contribution in [0.5, 0.6) is 0 Å². The van der Waals surface area contributed by atoms with Gasteiger partial charge in [-0.3, -0.25) is 0 Å². The molecule has 10 aromatic carbocycles. The van der Waals surface area contributed by atoms with Crippen molar-refractivity contribution in [1.29, 1.82) is 10.5 Å². The van der Waals surface area contributed by atoms with Crippen molar-refractivity contribution in [2.75, 3.05) is 0 Å². The molecule has 0 saturated heterocycles. The first-order chi connectivity index (χ1) is 41.6. The Morgan fingerprint density at radius 3 is 1.02 bits per heavy atom. The molecule has 0 unspecified atom stereocenters. The minimum absolute atomic E-state index is 0.0937. The van der Waals surface area contributed by atoms with E-state index < -0.39 is 0 Å². The van der Waals surface area contributed by atoms with Gasteiger partial charge in [0.25, 0.3) is 0 Å². The third-order valence-corrected chi connectivity index (χ3v) is 20.4. The fraction of sp³-hybridized carbons (Fsp3) is 0.0526. The number of nitriles is 2. The molecule has 6 aliphatic carbocycles. The van der Waals surface area contributed by atoms with Gasteiger partial charge >= 0.3 is 0 Å². The Kier molecular flexibility index (Phi) is 7.20. The minimum atomic E-state index is -0.0974. The summed E-state index contributed by atoms with van der Waals surface area (Å²) in [5.41, 5.74) is 29.0. The molecule has 0 amide bonds. The molecule has 8 heteroatoms. The fourth-order valence-electron chi connectivity index (χ4n) is 17.5. The van der Waals surface area contributed by atoms with Gasteiger partial charge in [-0.15, -0.1) is 0 Å². The monoisotopic (exact) mass is 1060 g/mol. The summed E-state index contributed by atoms with van der Waals surface area (Å²) < 4.78 is 18.7. The Morgan fingerprint density at radius 1 is 0.345 bits per heavy atom. The van der Waals surface area contributed by atoms with E-state index in [1.54, 1.807) is 0 Å². The van der Waals surface area contributed by atoms with E-state index in [2.05, 4.69) is 167 Å². The van der Waals surface area contributed by atoms with E-state index in [0.29, 0.717) is 11.1 Å². The Morgan fingerprint density at radius 2 is 0.667 bits per heavy atom. The number of fused-ring (bicyclic) bond motifs is 20. The van der Waals surface area contributed by atoms with Crippen molar-refractivity contribution >= 4 is 120 Å². The SMILES string of the molecule is N#Cc1cc2c(c3c1C1c4ccccc4C3c3ccccc31)c1cc(-c3cc4c5c6c(c(C#N)cc5n5c7cnc8c9ccccc9oc8c7c(c3)c45)C3c4ccccc4C6c4ccccc43)cc3c4c5oc6ccccc6c5ncc4n2c13. The van der Waals surface area contributed by atoms with E-state index in [4.69, 9.17) is 18.8 Å². The smallest absolute Gasteiger partial charge is 0.163 e. The second-order valence-corrected chi connectivity index (χ2v) is 23.9. The van der Waals surface area contributed by atoms with Crippen LogP contribution in [0.1, 0.15) is 102 Å². The van der Waals surface area contributed by atoms with Crippen LogP contribution in [0, 0.1) is 22.7 Å². The first-order valence-corrected chi connectivity index (χ1v) is 28.8. The van der Waals surface area contributed by atoms with Crippen LogP contribution in [-0.2, 0) is 0 Å². The van der Waals surface area contributed by atoms with Crippen molar-refractivity contribution in [3.8, 4) is 23.3 Å². The number of furan rings is 2. The molecule has 0 aliphatic heterocycles. The summed E-state index contributed by atoms with van der Waals surface area (Å²) in [7, 11) is 0. The topological polar surface area (TPSA) is 108 Å². The quantitative estimate of drug-likeness (QED) is 0.162. The number of rotatable bonds is 1. The van der Waals surface area contributed by atoms with E-state index in [1.165, 1.54) is 55.6 Å². The van der Waals surface area contributed by atoms with Crippen molar-refractivity contribution in [3.05, 3.63) is 272 Å². The summed E-state index contributed by atoms with van der Waals surface area (Å²) in [5.74, 6) is -0.382. The van der Waals surface area contributed by atoms with Gasteiger partial charge in [0.05, 0.1) is 79.5 Å². The maximum atomic E-state index is 11.4. The summed E-state index contributed by atoms with van der Waals surface area (Å²) in [4.78, 5) is 10.5. The van der Waals surface area contributed by atoms with Gasteiger partial charge in [0, 0.05) is 66.8 Å². The summed E-state index contributed by atoms with van der Waals surface area (Å²) in [6, 6.07) is 71.4. The number of benzene rings is 10. The summed E-state index contributed by atoms with van der Waals surface area (Å²) >= 11 is 0. The lowest BCUT2D eigenvalue weighted by atomic mass is 9.59. The molecule has 4 bridgehead atoms. The molecule has 0 atom stereocenters. The maximum absolute atomic E-state index is 11.4. The lowest BCUT2D eigenvalue weighted by Crippen LogP contribution is -2.28. The van der Waals surface area contributed by atoms with E-state index in [9.17, 15) is 10.5 Å². The second-order valence-electron chi connectivity index (χ2n) is 23.9. The molecular formula is C76H36N6O2. The molecule has 8 heterocycles. The van der Waals surface area contributed by atoms with Crippen LogP contribution in [0.25, 0.3) is 131 Å². The zero-order chi connectivity index (χ0) is 54.3. The standard InChI is InChI=1S/C76H36N6O2/c77-31-37-29-53-65(69-59(37)61-39-13-1-5-17-43(39)63(69)44-18-6-2-14-40(44)61)49-25-35(27-51-67-55(81(53)73(49)51)33-79-71-47-21-9-11-23-57(47)83-75(67)71)36-26-50-66-54(82-56-34-80-72-48-22-10-12-24-58(48)84-76(72)68(56)52(28-36)74(50)82)30-38(32-78)60-62-41-15-3-7-19-45(41)64(70(60)66)46-20-8-4-16-42(46)62/h1-30,33-34,61-64H. The van der Waals surface area contributed by atoms with Crippen LogP contribution in [-0.4, -0.2) is 18.8 Å². The Bertz CT molecular complexity index is 5830. The molecule has 8 aromatic heterocycles. The second kappa shape index (κ2) is 14.2. The molecule has 18 aromatic rings. The molecule has 0 N–H and O–H groups in total. The van der Waals surface area contributed by atoms with Crippen LogP contribution in [0.15, 0.2) is 203 Å². The lowest BCUT2D eigenvalue weighted by molar-refractivity contribution is 0.672. The average molecular weight is 1070 g/mol. The lowest BCUT2D eigenvalue weighted by Gasteiger charge is -2.43. The van der Waals surface area contributed by atoms with Gasteiger partial charge in [-0.05, 0) is 139 Å². The van der Waals surface area contributed by atoms with Gasteiger partial charge in [0.1, 0.15) is 22.2 Å². The zero-order valence-corrected chi connectivity index (χ0v) is 44.3. The highest BCUT2D eigenvalue weighted by molar-refractivity contribution is 6.33. The van der Waals surface area contributed by atoms with Gasteiger partial charge in [-0.25, -0.2) is 9.97 Å². The number of nitrogens with zero attached hydrogens (tertiary/aromatic N) is 6. The third-order valence-electron chi connectivity index (χ3n) is 20.4. The predicted octanol–water partition coefficient (Wildman–Crippen LogP) is 18.0. The number of hydrogen-bond acceptors (Lipinski definition) is 6. The van der Waals surface area contributed by atoms with Crippen molar-refractivity contribution in [2.45, 2.75) is 23.7 Å². The van der Waals surface area contributed by atoms with Crippen molar-refractivity contribution in [2.24, 2.45) is 0 Å². The predicted molar refractivity (Wildman–Crippen MR) is 330 cm³/mol. The highest BCUT2D eigenvalue weighted by atomic mass is 16.3. The Balaban J connectivity index is 0.934. The fourth-order valence-corrected chi connectivity index (χ4v) is 17.5. The number of para-hydroxylation sites is 2. The third kappa shape index (κ3) is 4.62. The van der Waals surface area contributed by atoms with Gasteiger partial charge in [0.2, 0.25) is 0 Å². The molecule has 0 fully saturated rings. The number of pyridine rings is 2. The molecule has 24 rings (SSSR count). The number of hydrogen-bond donors (Lipinski definition) is 0. The number of aromatic nitrogens is 4. The molecule has 8 nitrogen and oxygen atoms in total. The van der Waals surface area contributed by atoms with Gasteiger partial charge in [-0.1, -0.05) is 121 Å². The molecule has 0 spiro atoms. The summed E-state index contributed by atoms with van der Waals surface area (Å²) in [6.07, 6.45) is 4.04. The van der Waals surface area contributed by atoms with E-state index >= 15 is 0 Å². The van der Waals surface area contributed by atoms with Crippen LogP contribution in [0.3, 0.4) is 0 Å². The zero-order valence-electron chi connectivity index (χ0n) is 44.3. The van der Waals surface area contributed by atoms with E-state index in [-0.39, 0.29) is 23.7 Å². The Hall–Kier alpha value is -11.3. The highest BCUT2D eigenvalue weighted by Gasteiger charge is 2.47. The van der Waals surface area contributed by atoms with Gasteiger partial charge in [-0.2, -0.15) is 10.5 Å². The van der Waals surface area contributed by atoms with E-state index in [1.807, 2.05) is 48.8 Å².